The zero-order valence-corrected chi connectivity index (χ0v) is 12.8. The first-order valence-corrected chi connectivity index (χ1v) is 7.30. The molecule has 3 aromatic rings. The third kappa shape index (κ3) is 3.30. The van der Waals surface area contributed by atoms with E-state index in [1.807, 2.05) is 6.07 Å². The lowest BCUT2D eigenvalue weighted by molar-refractivity contribution is 0.115. The molecule has 0 aliphatic carbocycles. The topological polar surface area (TPSA) is 106 Å². The summed E-state index contributed by atoms with van der Waals surface area (Å²) in [5.74, 6) is 6.54. The van der Waals surface area contributed by atoms with Gasteiger partial charge in [0.05, 0.1) is 24.5 Å². The third-order valence-electron chi connectivity index (χ3n) is 3.29. The van der Waals surface area contributed by atoms with Gasteiger partial charge in [-0.1, -0.05) is 24.0 Å². The standard InChI is InChI=1S/C17H16N4O3/c18-16-12(4-3-8-24-9-7-22)10-21-11-14(19-17(21)20-16)13-5-1-2-6-15(13)23/h1-2,5-6,10-11,22-23H,7-9H2,(H2,18,19,20). The van der Waals surface area contributed by atoms with Crippen LogP contribution >= 0.6 is 0 Å². The predicted octanol–water partition coefficient (Wildman–Crippen LogP) is 1.04. The summed E-state index contributed by atoms with van der Waals surface area (Å²) >= 11 is 0. The molecule has 2 aromatic heterocycles. The van der Waals surface area contributed by atoms with Crippen LogP contribution in [0.4, 0.5) is 5.82 Å². The van der Waals surface area contributed by atoms with Crippen LogP contribution in [-0.2, 0) is 4.74 Å². The summed E-state index contributed by atoms with van der Waals surface area (Å²) in [5.41, 5.74) is 7.67. The molecule has 7 nitrogen and oxygen atoms in total. The Morgan fingerprint density at radius 2 is 2.04 bits per heavy atom. The second-order valence-electron chi connectivity index (χ2n) is 4.97. The zero-order valence-electron chi connectivity index (χ0n) is 12.8. The first kappa shape index (κ1) is 15.8. The number of phenols is 1. The number of para-hydroxylation sites is 1. The number of anilines is 1. The molecule has 0 aliphatic heterocycles. The Bertz CT molecular complexity index is 924. The minimum Gasteiger partial charge on any atom is -0.507 e. The van der Waals surface area contributed by atoms with Crippen molar-refractivity contribution in [1.82, 2.24) is 14.4 Å². The normalized spacial score (nSPS) is 10.5. The Labute approximate surface area is 138 Å². The molecule has 0 aliphatic rings. The highest BCUT2D eigenvalue weighted by molar-refractivity contribution is 5.68. The van der Waals surface area contributed by atoms with Crippen LogP contribution in [0.15, 0.2) is 36.7 Å². The van der Waals surface area contributed by atoms with Crippen LogP contribution in [0, 0.1) is 11.8 Å². The molecule has 0 spiro atoms. The van der Waals surface area contributed by atoms with E-state index < -0.39 is 0 Å². The maximum absolute atomic E-state index is 9.94. The molecule has 24 heavy (non-hydrogen) atoms. The van der Waals surface area contributed by atoms with Crippen LogP contribution < -0.4 is 5.73 Å². The van der Waals surface area contributed by atoms with Gasteiger partial charge in [0.25, 0.3) is 0 Å². The number of rotatable bonds is 4. The van der Waals surface area contributed by atoms with E-state index in [9.17, 15) is 5.11 Å². The van der Waals surface area contributed by atoms with Gasteiger partial charge in [-0.25, -0.2) is 4.98 Å². The monoisotopic (exact) mass is 324 g/mol. The minimum atomic E-state index is -0.0402. The summed E-state index contributed by atoms with van der Waals surface area (Å²) < 4.78 is 6.78. The molecule has 0 saturated carbocycles. The van der Waals surface area contributed by atoms with Gasteiger partial charge in [-0.3, -0.25) is 4.40 Å². The Morgan fingerprint density at radius 1 is 1.21 bits per heavy atom. The molecule has 3 rings (SSSR count). The summed E-state index contributed by atoms with van der Waals surface area (Å²) in [6.07, 6.45) is 3.48. The van der Waals surface area contributed by atoms with Crippen LogP contribution in [0.5, 0.6) is 5.75 Å². The summed E-state index contributed by atoms with van der Waals surface area (Å²) in [7, 11) is 0. The Balaban J connectivity index is 1.92. The number of aromatic nitrogens is 3. The number of hydrogen-bond acceptors (Lipinski definition) is 6. The number of aliphatic hydroxyl groups excluding tert-OH is 1. The maximum atomic E-state index is 9.94. The van der Waals surface area contributed by atoms with Crippen LogP contribution in [0.3, 0.4) is 0 Å². The number of ether oxygens (including phenoxy) is 1. The number of aromatic hydroxyl groups is 1. The fourth-order valence-corrected chi connectivity index (χ4v) is 2.17. The molecule has 0 saturated heterocycles. The second kappa shape index (κ2) is 7.00. The van der Waals surface area contributed by atoms with E-state index >= 15 is 0 Å². The van der Waals surface area contributed by atoms with Crippen molar-refractivity contribution in [3.63, 3.8) is 0 Å². The fourth-order valence-electron chi connectivity index (χ4n) is 2.17. The van der Waals surface area contributed by atoms with Crippen molar-refractivity contribution in [2.24, 2.45) is 0 Å². The number of phenolic OH excluding ortho intramolecular Hbond substituents is 1. The molecule has 0 atom stereocenters. The average molecular weight is 324 g/mol. The van der Waals surface area contributed by atoms with E-state index in [4.69, 9.17) is 15.6 Å². The number of nitrogens with two attached hydrogens (primary N) is 1. The molecule has 0 unspecified atom stereocenters. The van der Waals surface area contributed by atoms with Gasteiger partial charge in [-0.15, -0.1) is 0 Å². The van der Waals surface area contributed by atoms with Gasteiger partial charge in [0.2, 0.25) is 5.78 Å². The summed E-state index contributed by atoms with van der Waals surface area (Å²) in [4.78, 5) is 8.61. The quantitative estimate of drug-likeness (QED) is 0.489. The van der Waals surface area contributed by atoms with E-state index in [0.717, 1.165) is 0 Å². The van der Waals surface area contributed by atoms with Gasteiger partial charge in [-0.05, 0) is 12.1 Å². The molecule has 122 valence electrons. The van der Waals surface area contributed by atoms with Crippen LogP contribution in [0.25, 0.3) is 17.0 Å². The highest BCUT2D eigenvalue weighted by Gasteiger charge is 2.10. The Kier molecular flexibility index (Phi) is 4.61. The van der Waals surface area contributed by atoms with Crippen LogP contribution in [0.2, 0.25) is 0 Å². The SMILES string of the molecule is Nc1nc2nc(-c3ccccc3O)cn2cc1C#CCOCCO. The molecule has 4 N–H and O–H groups in total. The van der Waals surface area contributed by atoms with E-state index in [2.05, 4.69) is 21.8 Å². The van der Waals surface area contributed by atoms with Gasteiger partial charge in [0, 0.05) is 18.0 Å². The smallest absolute Gasteiger partial charge is 0.236 e. The van der Waals surface area contributed by atoms with Crippen molar-refractivity contribution in [3.05, 3.63) is 42.2 Å². The highest BCUT2D eigenvalue weighted by Crippen LogP contribution is 2.28. The molecule has 1 aromatic carbocycles. The molecular formula is C17H16N4O3. The number of benzene rings is 1. The van der Waals surface area contributed by atoms with Crippen molar-refractivity contribution in [2.75, 3.05) is 25.6 Å². The number of fused-ring (bicyclic) bond motifs is 1. The average Bonchev–Trinajstić information content (AvgIpc) is 2.97. The zero-order chi connectivity index (χ0) is 16.9. The Hall–Kier alpha value is -3.08. The van der Waals surface area contributed by atoms with Gasteiger partial charge in [0.1, 0.15) is 18.2 Å². The summed E-state index contributed by atoms with van der Waals surface area (Å²) in [6, 6.07) is 6.95. The number of nitrogen functional groups attached to an aromatic ring is 1. The third-order valence-corrected chi connectivity index (χ3v) is 3.29. The molecule has 2 heterocycles. The number of hydrogen-bond donors (Lipinski definition) is 3. The van der Waals surface area contributed by atoms with Gasteiger partial charge >= 0.3 is 0 Å². The molecule has 0 radical (unpaired) electrons. The first-order valence-electron chi connectivity index (χ1n) is 7.30. The minimum absolute atomic E-state index is 0.0402. The number of imidazole rings is 1. The molecule has 0 bridgehead atoms. The van der Waals surface area contributed by atoms with Crippen molar-refractivity contribution < 1.29 is 14.9 Å². The maximum Gasteiger partial charge on any atom is 0.236 e. The summed E-state index contributed by atoms with van der Waals surface area (Å²) in [5, 5.41) is 18.6. The predicted molar refractivity (Wildman–Crippen MR) is 89.3 cm³/mol. The lowest BCUT2D eigenvalue weighted by Crippen LogP contribution is -2.00. The Morgan fingerprint density at radius 3 is 2.83 bits per heavy atom. The van der Waals surface area contributed by atoms with E-state index in [0.29, 0.717) is 22.6 Å². The second-order valence-corrected chi connectivity index (χ2v) is 4.97. The lowest BCUT2D eigenvalue weighted by atomic mass is 10.1. The molecule has 0 fully saturated rings. The molecule has 0 amide bonds. The van der Waals surface area contributed by atoms with E-state index in [1.54, 1.807) is 35.0 Å². The van der Waals surface area contributed by atoms with Crippen molar-refractivity contribution >= 4 is 11.6 Å². The number of nitrogens with zero attached hydrogens (tertiary/aromatic N) is 3. The highest BCUT2D eigenvalue weighted by atomic mass is 16.5. The van der Waals surface area contributed by atoms with Gasteiger partial charge in [-0.2, -0.15) is 4.98 Å². The van der Waals surface area contributed by atoms with Crippen molar-refractivity contribution in [3.8, 4) is 28.8 Å². The van der Waals surface area contributed by atoms with Crippen molar-refractivity contribution in [2.45, 2.75) is 0 Å². The van der Waals surface area contributed by atoms with Crippen LogP contribution in [0.1, 0.15) is 5.56 Å². The molecule has 7 heteroatoms. The lowest BCUT2D eigenvalue weighted by Gasteiger charge is -1.98. The fraction of sp³-hybridized carbons (Fsp3) is 0.176. The largest absolute Gasteiger partial charge is 0.507 e. The van der Waals surface area contributed by atoms with E-state index in [-0.39, 0.29) is 31.4 Å². The van der Waals surface area contributed by atoms with Crippen molar-refractivity contribution in [1.29, 1.82) is 0 Å². The first-order chi connectivity index (χ1) is 11.7. The molecular weight excluding hydrogens is 308 g/mol. The van der Waals surface area contributed by atoms with Gasteiger partial charge < -0.3 is 20.7 Å². The number of aliphatic hydroxyl groups is 1. The van der Waals surface area contributed by atoms with Crippen LogP contribution in [-0.4, -0.2) is 44.4 Å². The van der Waals surface area contributed by atoms with Gasteiger partial charge in [0.15, 0.2) is 0 Å². The van der Waals surface area contributed by atoms with E-state index in [1.165, 1.54) is 0 Å². The summed E-state index contributed by atoms with van der Waals surface area (Å²) in [6.45, 7) is 0.402.